The number of aromatic hydroxyl groups is 1. The minimum atomic E-state index is -0.667. The topological polar surface area (TPSA) is 110 Å². The van der Waals surface area contributed by atoms with E-state index in [0.717, 1.165) is 5.56 Å². The van der Waals surface area contributed by atoms with Gasteiger partial charge in [0.25, 0.3) is 5.56 Å². The van der Waals surface area contributed by atoms with Gasteiger partial charge in [0, 0.05) is 35.3 Å². The van der Waals surface area contributed by atoms with E-state index in [4.69, 9.17) is 10.6 Å². The van der Waals surface area contributed by atoms with Crippen molar-refractivity contribution in [1.82, 2.24) is 10.2 Å². The lowest BCUT2D eigenvalue weighted by atomic mass is 9.98. The molecule has 1 heterocycles. The van der Waals surface area contributed by atoms with Gasteiger partial charge in [0.15, 0.2) is 0 Å². The highest BCUT2D eigenvalue weighted by atomic mass is 16.6. The molecule has 7 nitrogen and oxygen atoms in total. The van der Waals surface area contributed by atoms with Crippen molar-refractivity contribution in [3.8, 4) is 5.88 Å². The zero-order chi connectivity index (χ0) is 17.0. The highest BCUT2D eigenvalue weighted by Gasteiger charge is 2.18. The van der Waals surface area contributed by atoms with Gasteiger partial charge < -0.3 is 16.0 Å². The number of hydrogen-bond acceptors (Lipinski definition) is 6. The van der Waals surface area contributed by atoms with Crippen LogP contribution in [0.5, 0.6) is 5.88 Å². The fraction of sp³-hybridized carbons (Fsp3) is 0.312. The van der Waals surface area contributed by atoms with Gasteiger partial charge in [0.05, 0.1) is 6.61 Å². The Morgan fingerprint density at radius 1 is 1.39 bits per heavy atom. The Morgan fingerprint density at radius 2 is 2.09 bits per heavy atom. The largest absolute Gasteiger partial charge is 0.492 e. The third kappa shape index (κ3) is 3.82. The summed E-state index contributed by atoms with van der Waals surface area (Å²) >= 11 is 0. The zero-order valence-corrected chi connectivity index (χ0v) is 13.1. The fourth-order valence-electron chi connectivity index (χ4n) is 2.41. The summed E-state index contributed by atoms with van der Waals surface area (Å²) in [4.78, 5) is 16.8. The lowest BCUT2D eigenvalue weighted by Crippen LogP contribution is -2.24. The molecule has 0 saturated carbocycles. The number of hydroxylamine groups is 1. The van der Waals surface area contributed by atoms with E-state index in [1.807, 2.05) is 25.1 Å². The molecule has 23 heavy (non-hydrogen) atoms. The van der Waals surface area contributed by atoms with Crippen molar-refractivity contribution in [2.24, 2.45) is 0 Å². The summed E-state index contributed by atoms with van der Waals surface area (Å²) in [7, 11) is 0. The lowest BCUT2D eigenvalue weighted by Gasteiger charge is -2.17. The van der Waals surface area contributed by atoms with E-state index >= 15 is 0 Å². The smallest absolute Gasteiger partial charge is 0.286 e. The van der Waals surface area contributed by atoms with Gasteiger partial charge in [-0.25, -0.2) is 5.48 Å². The Bertz CT molecular complexity index is 743. The molecule has 0 saturated heterocycles. The normalized spacial score (nSPS) is 12.3. The van der Waals surface area contributed by atoms with Crippen molar-refractivity contribution in [2.45, 2.75) is 26.4 Å². The van der Waals surface area contributed by atoms with Crippen molar-refractivity contribution in [2.75, 3.05) is 12.3 Å². The van der Waals surface area contributed by atoms with Gasteiger partial charge in [-0.2, -0.15) is 0 Å². The Balaban J connectivity index is 1.96. The molecule has 0 aliphatic carbocycles. The minimum absolute atomic E-state index is 0.179. The first-order valence-corrected chi connectivity index (χ1v) is 7.24. The van der Waals surface area contributed by atoms with E-state index in [1.165, 1.54) is 6.07 Å². The van der Waals surface area contributed by atoms with Gasteiger partial charge in [-0.05, 0) is 18.6 Å². The number of anilines is 1. The predicted octanol–water partition coefficient (Wildman–Crippen LogP) is 1.51. The lowest BCUT2D eigenvalue weighted by molar-refractivity contribution is 0.0255. The van der Waals surface area contributed by atoms with Gasteiger partial charge in [-0.15, -0.1) is 4.73 Å². The number of nitrogens with two attached hydrogens (primary N) is 1. The second-order valence-electron chi connectivity index (χ2n) is 5.45. The van der Waals surface area contributed by atoms with E-state index < -0.39 is 11.4 Å². The van der Waals surface area contributed by atoms with Crippen LogP contribution < -0.4 is 16.8 Å². The summed E-state index contributed by atoms with van der Waals surface area (Å²) in [5, 5.41) is 19.4. The summed E-state index contributed by atoms with van der Waals surface area (Å²) in [6, 6.07) is 8.68. The molecular weight excluding hydrogens is 298 g/mol. The van der Waals surface area contributed by atoms with E-state index in [-0.39, 0.29) is 10.6 Å². The molecular formula is C16H21N3O4. The van der Waals surface area contributed by atoms with Crippen molar-refractivity contribution >= 4 is 5.69 Å². The molecule has 0 amide bonds. The number of nitrogens with zero attached hydrogens (tertiary/aromatic N) is 1. The van der Waals surface area contributed by atoms with Crippen LogP contribution in [0.2, 0.25) is 0 Å². The number of benzene rings is 1. The Kier molecular flexibility index (Phi) is 5.25. The molecule has 2 rings (SSSR count). The molecule has 1 atom stereocenters. The Labute approximate surface area is 133 Å². The molecule has 1 aromatic heterocycles. The standard InChI is InChI=1S/C16H21N3O4/c1-10-7-14(20)19(22)16(21)15(10)11(2)8-18-23-9-12-5-3-4-6-13(12)17/h3-7,11,18,21-22H,8-9,17H2,1-2H3. The molecule has 0 aliphatic heterocycles. The van der Waals surface area contributed by atoms with Crippen LogP contribution in [-0.2, 0) is 11.4 Å². The number of nitrogen functional groups attached to an aromatic ring is 1. The monoisotopic (exact) mass is 319 g/mol. The number of aryl methyl sites for hydroxylation is 1. The van der Waals surface area contributed by atoms with Gasteiger partial charge in [0.2, 0.25) is 5.88 Å². The minimum Gasteiger partial charge on any atom is -0.492 e. The van der Waals surface area contributed by atoms with Crippen LogP contribution in [0.3, 0.4) is 0 Å². The summed E-state index contributed by atoms with van der Waals surface area (Å²) in [5.41, 5.74) is 10.6. The number of nitrogens with one attached hydrogen (secondary N) is 1. The van der Waals surface area contributed by atoms with Crippen LogP contribution in [0.4, 0.5) is 5.69 Å². The molecule has 5 N–H and O–H groups in total. The Hall–Kier alpha value is -2.51. The maximum atomic E-state index is 11.4. The second-order valence-corrected chi connectivity index (χ2v) is 5.45. The van der Waals surface area contributed by atoms with E-state index in [1.54, 1.807) is 13.0 Å². The molecule has 0 aliphatic rings. The van der Waals surface area contributed by atoms with Gasteiger partial charge >= 0.3 is 0 Å². The first kappa shape index (κ1) is 16.9. The number of hydrogen-bond donors (Lipinski definition) is 4. The molecule has 0 spiro atoms. The fourth-order valence-corrected chi connectivity index (χ4v) is 2.41. The van der Waals surface area contributed by atoms with Crippen LogP contribution in [0.25, 0.3) is 0 Å². The highest BCUT2D eigenvalue weighted by molar-refractivity contribution is 5.45. The summed E-state index contributed by atoms with van der Waals surface area (Å²) in [6.45, 7) is 4.25. The molecule has 0 bridgehead atoms. The number of para-hydroxylation sites is 1. The summed E-state index contributed by atoms with van der Waals surface area (Å²) < 4.78 is 0.240. The number of rotatable bonds is 6. The molecule has 0 radical (unpaired) electrons. The van der Waals surface area contributed by atoms with E-state index in [9.17, 15) is 15.1 Å². The zero-order valence-electron chi connectivity index (χ0n) is 13.1. The third-order valence-electron chi connectivity index (χ3n) is 3.68. The average Bonchev–Trinajstić information content (AvgIpc) is 2.51. The molecule has 1 unspecified atom stereocenters. The van der Waals surface area contributed by atoms with E-state index in [0.29, 0.717) is 30.0 Å². The first-order valence-electron chi connectivity index (χ1n) is 7.24. The number of aromatic nitrogens is 1. The number of pyridine rings is 1. The van der Waals surface area contributed by atoms with Crippen molar-refractivity contribution in [3.05, 3.63) is 57.4 Å². The summed E-state index contributed by atoms with van der Waals surface area (Å²) in [5.74, 6) is -0.626. The van der Waals surface area contributed by atoms with Crippen LogP contribution in [0.1, 0.15) is 29.5 Å². The molecule has 2 aromatic rings. The quantitative estimate of drug-likeness (QED) is 0.278. The Morgan fingerprint density at radius 3 is 2.78 bits per heavy atom. The van der Waals surface area contributed by atoms with Crippen LogP contribution >= 0.6 is 0 Å². The average molecular weight is 319 g/mol. The van der Waals surface area contributed by atoms with Crippen molar-refractivity contribution < 1.29 is 15.2 Å². The molecule has 7 heteroatoms. The van der Waals surface area contributed by atoms with Gasteiger partial charge in [0.1, 0.15) is 0 Å². The molecule has 1 aromatic carbocycles. The van der Waals surface area contributed by atoms with Gasteiger partial charge in [-0.1, -0.05) is 25.1 Å². The van der Waals surface area contributed by atoms with Crippen LogP contribution in [0, 0.1) is 6.92 Å². The molecule has 0 fully saturated rings. The second kappa shape index (κ2) is 7.17. The highest BCUT2D eigenvalue weighted by Crippen LogP contribution is 2.26. The summed E-state index contributed by atoms with van der Waals surface area (Å²) in [6.07, 6.45) is 0. The van der Waals surface area contributed by atoms with Crippen molar-refractivity contribution in [1.29, 1.82) is 0 Å². The maximum absolute atomic E-state index is 11.4. The van der Waals surface area contributed by atoms with Crippen LogP contribution in [0.15, 0.2) is 35.1 Å². The van der Waals surface area contributed by atoms with Crippen LogP contribution in [-0.4, -0.2) is 21.6 Å². The third-order valence-corrected chi connectivity index (χ3v) is 3.68. The predicted molar refractivity (Wildman–Crippen MR) is 86.3 cm³/mol. The van der Waals surface area contributed by atoms with E-state index in [2.05, 4.69) is 5.48 Å². The van der Waals surface area contributed by atoms with Gasteiger partial charge in [-0.3, -0.25) is 9.63 Å². The first-order chi connectivity index (χ1) is 10.9. The molecule has 124 valence electrons. The maximum Gasteiger partial charge on any atom is 0.286 e. The SMILES string of the molecule is Cc1cc(=O)n(O)c(O)c1C(C)CNOCc1ccccc1N. The van der Waals surface area contributed by atoms with Crippen molar-refractivity contribution in [3.63, 3.8) is 0 Å².